The predicted molar refractivity (Wildman–Crippen MR) is 121 cm³/mol. The van der Waals surface area contributed by atoms with Crippen molar-refractivity contribution in [2.75, 3.05) is 5.32 Å². The number of halogens is 3. The number of aromatic amines is 1. The smallest absolute Gasteiger partial charge is 0.322 e. The van der Waals surface area contributed by atoms with Crippen LogP contribution in [-0.4, -0.2) is 34.9 Å². The first kappa shape index (κ1) is 24.0. The number of aryl methyl sites for hydroxylation is 1. The average Bonchev–Trinajstić information content (AvgIpc) is 3.32. The number of anilines is 1. The van der Waals surface area contributed by atoms with E-state index in [1.165, 1.54) is 61.5 Å². The van der Waals surface area contributed by atoms with Gasteiger partial charge in [0.1, 0.15) is 0 Å². The zero-order valence-electron chi connectivity index (χ0n) is 18.0. The fourth-order valence-electron chi connectivity index (χ4n) is 3.60. The molecule has 1 heterocycles. The van der Waals surface area contributed by atoms with Gasteiger partial charge in [0, 0.05) is 16.8 Å². The summed E-state index contributed by atoms with van der Waals surface area (Å²) in [5, 5.41) is 21.3. The molecule has 0 saturated carbocycles. The van der Waals surface area contributed by atoms with Crippen LogP contribution in [0.25, 0.3) is 22.5 Å². The first-order valence-corrected chi connectivity index (χ1v) is 11.5. The second kappa shape index (κ2) is 8.92. The molecule has 180 valence electrons. The van der Waals surface area contributed by atoms with Crippen molar-refractivity contribution in [2.45, 2.75) is 18.0 Å². The molecule has 0 radical (unpaired) electrons. The lowest BCUT2D eigenvalue weighted by Crippen LogP contribution is -2.16. The number of nitrogens with two attached hydrogens (primary N) is 1. The number of nitrogens with zero attached hydrogens (tertiary/aromatic N) is 3. The molecular weight excluding hydrogens is 485 g/mol. The van der Waals surface area contributed by atoms with Crippen LogP contribution in [0.3, 0.4) is 0 Å². The lowest BCUT2D eigenvalue weighted by Gasteiger charge is -2.16. The van der Waals surface area contributed by atoms with Gasteiger partial charge in [0.05, 0.1) is 10.5 Å². The molecule has 0 aliphatic carbocycles. The number of rotatable bonds is 5. The molecule has 1 aromatic heterocycles. The highest BCUT2D eigenvalue weighted by Crippen LogP contribution is 2.40. The van der Waals surface area contributed by atoms with E-state index < -0.39 is 27.7 Å². The van der Waals surface area contributed by atoms with Crippen LogP contribution in [0.2, 0.25) is 0 Å². The van der Waals surface area contributed by atoms with E-state index in [1.807, 2.05) is 0 Å². The van der Waals surface area contributed by atoms with Crippen LogP contribution in [0.5, 0.6) is 0 Å². The molecule has 0 bridgehead atoms. The third-order valence-electron chi connectivity index (χ3n) is 5.13. The van der Waals surface area contributed by atoms with Crippen LogP contribution in [0.4, 0.5) is 18.9 Å². The topological polar surface area (TPSA) is 144 Å². The number of aromatic nitrogens is 4. The van der Waals surface area contributed by atoms with Gasteiger partial charge in [-0.15, -0.1) is 10.2 Å². The molecule has 13 heteroatoms. The first-order chi connectivity index (χ1) is 16.4. The first-order valence-electron chi connectivity index (χ1n) is 9.94. The van der Waals surface area contributed by atoms with Gasteiger partial charge < -0.3 is 5.32 Å². The Morgan fingerprint density at radius 1 is 1.00 bits per heavy atom. The Kier molecular flexibility index (Phi) is 6.13. The van der Waals surface area contributed by atoms with Gasteiger partial charge in [0.25, 0.3) is 5.91 Å². The Labute approximate surface area is 197 Å². The monoisotopic (exact) mass is 502 g/mol. The molecule has 35 heavy (non-hydrogen) atoms. The third-order valence-corrected chi connectivity index (χ3v) is 6.20. The average molecular weight is 502 g/mol. The number of hydrogen-bond donors (Lipinski definition) is 3. The number of tetrazole rings is 1. The van der Waals surface area contributed by atoms with Gasteiger partial charge >= 0.3 is 6.18 Å². The van der Waals surface area contributed by atoms with Crippen LogP contribution in [0.1, 0.15) is 21.5 Å². The highest BCUT2D eigenvalue weighted by atomic mass is 32.2. The highest BCUT2D eigenvalue weighted by Gasteiger charge is 2.34. The molecule has 4 N–H and O–H groups in total. The summed E-state index contributed by atoms with van der Waals surface area (Å²) < 4.78 is 64.1. The summed E-state index contributed by atoms with van der Waals surface area (Å²) in [6.07, 6.45) is -4.60. The number of H-pyrrole nitrogens is 1. The van der Waals surface area contributed by atoms with E-state index in [4.69, 9.17) is 5.14 Å². The van der Waals surface area contributed by atoms with Gasteiger partial charge in [-0.25, -0.2) is 13.6 Å². The maximum Gasteiger partial charge on any atom is 0.417 e. The fraction of sp³-hybridized carbons (Fsp3) is 0.0909. The van der Waals surface area contributed by atoms with Gasteiger partial charge in [0.2, 0.25) is 15.8 Å². The maximum atomic E-state index is 13.6. The minimum atomic E-state index is -4.60. The molecule has 0 fully saturated rings. The van der Waals surface area contributed by atoms with Crippen LogP contribution < -0.4 is 10.5 Å². The van der Waals surface area contributed by atoms with E-state index >= 15 is 0 Å². The summed E-state index contributed by atoms with van der Waals surface area (Å²) >= 11 is 0. The van der Waals surface area contributed by atoms with Crippen molar-refractivity contribution in [3.8, 4) is 22.5 Å². The molecule has 0 atom stereocenters. The summed E-state index contributed by atoms with van der Waals surface area (Å²) in [5.41, 5.74) is 0.143. The Balaban J connectivity index is 1.74. The molecule has 0 unspecified atom stereocenters. The summed E-state index contributed by atoms with van der Waals surface area (Å²) in [5.74, 6) is -0.544. The van der Waals surface area contributed by atoms with Crippen molar-refractivity contribution in [2.24, 2.45) is 5.14 Å². The fourth-order valence-corrected chi connectivity index (χ4v) is 4.36. The highest BCUT2D eigenvalue weighted by molar-refractivity contribution is 7.89. The van der Waals surface area contributed by atoms with Crippen LogP contribution in [0.15, 0.2) is 65.6 Å². The van der Waals surface area contributed by atoms with Crippen molar-refractivity contribution in [1.29, 1.82) is 0 Å². The number of carbonyl (C=O) groups is 1. The summed E-state index contributed by atoms with van der Waals surface area (Å²) in [6, 6.07) is 13.2. The van der Waals surface area contributed by atoms with Gasteiger partial charge in [-0.05, 0) is 65.2 Å². The van der Waals surface area contributed by atoms with E-state index in [0.717, 1.165) is 6.07 Å². The number of nitrogens with one attached hydrogen (secondary N) is 2. The van der Waals surface area contributed by atoms with E-state index in [1.54, 1.807) is 0 Å². The summed E-state index contributed by atoms with van der Waals surface area (Å²) in [7, 11) is -3.95. The van der Waals surface area contributed by atoms with Crippen molar-refractivity contribution in [3.63, 3.8) is 0 Å². The van der Waals surface area contributed by atoms with Gasteiger partial charge in [-0.2, -0.15) is 18.4 Å². The van der Waals surface area contributed by atoms with Crippen molar-refractivity contribution in [1.82, 2.24) is 20.6 Å². The van der Waals surface area contributed by atoms with Crippen LogP contribution in [-0.2, 0) is 16.2 Å². The van der Waals surface area contributed by atoms with Crippen molar-refractivity contribution in [3.05, 3.63) is 77.4 Å². The minimum Gasteiger partial charge on any atom is -0.322 e. The lowest BCUT2D eigenvalue weighted by atomic mass is 9.94. The zero-order chi connectivity index (χ0) is 25.4. The predicted octanol–water partition coefficient (Wildman–Crippen LogP) is 3.76. The standard InChI is InChI=1S/C22H17F3N6O3S/c1-12-10-13(6-9-19(12)35(26,33)34)21(32)27-14-7-8-15(17(11-14)20-28-30-31-29-20)16-4-2-3-5-18(16)22(23,24)25/h2-11H,1H3,(H,27,32)(H2,26,33,34)(H,28,29,30,31). The molecule has 9 nitrogen and oxygen atoms in total. The van der Waals surface area contributed by atoms with E-state index in [2.05, 4.69) is 25.9 Å². The van der Waals surface area contributed by atoms with E-state index in [0.29, 0.717) is 0 Å². The molecule has 3 aromatic carbocycles. The molecule has 0 aliphatic heterocycles. The second-order valence-corrected chi connectivity index (χ2v) is 9.05. The van der Waals surface area contributed by atoms with Crippen LogP contribution in [0, 0.1) is 6.92 Å². The SMILES string of the molecule is Cc1cc(C(=O)Nc2ccc(-c3ccccc3C(F)(F)F)c(-c3nn[nH]n3)c2)ccc1S(N)(=O)=O. The molecule has 1 amide bonds. The number of hydrogen-bond acceptors (Lipinski definition) is 6. The number of alkyl halides is 3. The van der Waals surface area contributed by atoms with Crippen molar-refractivity contribution >= 4 is 21.6 Å². The van der Waals surface area contributed by atoms with Gasteiger partial charge in [-0.1, -0.05) is 24.3 Å². The minimum absolute atomic E-state index is 0.0291. The van der Waals surface area contributed by atoms with E-state index in [9.17, 15) is 26.4 Å². The number of benzene rings is 3. The van der Waals surface area contributed by atoms with E-state index in [-0.39, 0.29) is 44.2 Å². The Hall–Kier alpha value is -4.10. The van der Waals surface area contributed by atoms with Crippen molar-refractivity contribution < 1.29 is 26.4 Å². The Bertz CT molecular complexity index is 1520. The Morgan fingerprint density at radius 3 is 2.37 bits per heavy atom. The van der Waals surface area contributed by atoms with Crippen LogP contribution >= 0.6 is 0 Å². The molecule has 0 aliphatic rings. The maximum absolute atomic E-state index is 13.6. The molecule has 0 spiro atoms. The number of amides is 1. The zero-order valence-corrected chi connectivity index (χ0v) is 18.8. The number of carbonyl (C=O) groups excluding carboxylic acids is 1. The molecule has 4 rings (SSSR count). The summed E-state index contributed by atoms with van der Waals surface area (Å²) in [4.78, 5) is 12.7. The molecule has 4 aromatic rings. The quantitative estimate of drug-likeness (QED) is 0.379. The molecular formula is C22H17F3N6O3S. The Morgan fingerprint density at radius 2 is 1.74 bits per heavy atom. The van der Waals surface area contributed by atoms with Gasteiger partial charge in [-0.3, -0.25) is 4.79 Å². The lowest BCUT2D eigenvalue weighted by molar-refractivity contribution is -0.137. The third kappa shape index (κ3) is 5.05. The normalized spacial score (nSPS) is 11.9. The second-order valence-electron chi connectivity index (χ2n) is 7.52. The number of sulfonamides is 1. The largest absolute Gasteiger partial charge is 0.417 e. The number of primary sulfonamides is 1. The van der Waals surface area contributed by atoms with Gasteiger partial charge in [0.15, 0.2) is 0 Å². The molecule has 0 saturated heterocycles. The summed E-state index contributed by atoms with van der Waals surface area (Å²) in [6.45, 7) is 1.50.